The van der Waals surface area contributed by atoms with Gasteiger partial charge in [-0.15, -0.1) is 0 Å². The molecule has 1 aromatic rings. The Hall–Kier alpha value is -1.07. The highest BCUT2D eigenvalue weighted by Gasteiger charge is 2.29. The number of nitrogens with one attached hydrogen (secondary N) is 1. The van der Waals surface area contributed by atoms with Crippen molar-refractivity contribution in [3.8, 4) is 5.75 Å². The van der Waals surface area contributed by atoms with Crippen molar-refractivity contribution >= 4 is 21.9 Å². The first-order chi connectivity index (χ1) is 9.58. The van der Waals surface area contributed by atoms with Crippen molar-refractivity contribution in [3.63, 3.8) is 0 Å². The van der Waals surface area contributed by atoms with E-state index in [0.29, 0.717) is 25.5 Å². The lowest BCUT2D eigenvalue weighted by molar-refractivity contribution is -0.143. The standard InChI is InChI=1S/C15H20BrNO3/c1-10(2)8-17-9-11-4-3-5-12(16)14(11)20-13-6-7-19-15(13)18/h3-5,10,13,17H,6-9H2,1-2H3. The number of carbonyl (C=O) groups excluding carboxylic acids is 1. The normalized spacial score (nSPS) is 18.4. The Morgan fingerprint density at radius 3 is 2.95 bits per heavy atom. The highest BCUT2D eigenvalue weighted by atomic mass is 79.9. The minimum absolute atomic E-state index is 0.276. The molecule has 0 aliphatic carbocycles. The fraction of sp³-hybridized carbons (Fsp3) is 0.533. The largest absolute Gasteiger partial charge is 0.477 e. The zero-order chi connectivity index (χ0) is 14.5. The lowest BCUT2D eigenvalue weighted by Crippen LogP contribution is -2.24. The number of carbonyl (C=O) groups is 1. The van der Waals surface area contributed by atoms with E-state index in [1.165, 1.54) is 0 Å². The average Bonchev–Trinajstić information content (AvgIpc) is 2.78. The van der Waals surface area contributed by atoms with Gasteiger partial charge in [-0.2, -0.15) is 0 Å². The summed E-state index contributed by atoms with van der Waals surface area (Å²) in [5.41, 5.74) is 1.04. The van der Waals surface area contributed by atoms with Gasteiger partial charge in [0.25, 0.3) is 0 Å². The molecule has 0 saturated carbocycles. The van der Waals surface area contributed by atoms with E-state index in [1.807, 2.05) is 18.2 Å². The summed E-state index contributed by atoms with van der Waals surface area (Å²) in [6, 6.07) is 5.89. The van der Waals surface area contributed by atoms with Crippen LogP contribution >= 0.6 is 15.9 Å². The van der Waals surface area contributed by atoms with Crippen molar-refractivity contribution in [3.05, 3.63) is 28.2 Å². The second kappa shape index (κ2) is 7.09. The summed E-state index contributed by atoms with van der Waals surface area (Å²) < 4.78 is 11.6. The van der Waals surface area contributed by atoms with Crippen LogP contribution in [-0.2, 0) is 16.1 Å². The number of hydrogen-bond donors (Lipinski definition) is 1. The maximum atomic E-state index is 11.5. The average molecular weight is 342 g/mol. The molecule has 4 nitrogen and oxygen atoms in total. The summed E-state index contributed by atoms with van der Waals surface area (Å²) in [7, 11) is 0. The van der Waals surface area contributed by atoms with Gasteiger partial charge in [0.2, 0.25) is 0 Å². The van der Waals surface area contributed by atoms with E-state index in [-0.39, 0.29) is 5.97 Å². The molecule has 1 unspecified atom stereocenters. The van der Waals surface area contributed by atoms with E-state index in [9.17, 15) is 4.79 Å². The molecule has 0 spiro atoms. The predicted octanol–water partition coefficient (Wildman–Crippen LogP) is 2.89. The molecule has 1 heterocycles. The Labute approximate surface area is 128 Å². The summed E-state index contributed by atoms with van der Waals surface area (Å²) in [6.07, 6.45) is 0.122. The first-order valence-electron chi connectivity index (χ1n) is 6.89. The number of halogens is 1. The Morgan fingerprint density at radius 2 is 2.30 bits per heavy atom. The van der Waals surface area contributed by atoms with Crippen LogP contribution in [0.3, 0.4) is 0 Å². The van der Waals surface area contributed by atoms with Gasteiger partial charge >= 0.3 is 5.97 Å². The van der Waals surface area contributed by atoms with E-state index < -0.39 is 6.10 Å². The molecule has 1 saturated heterocycles. The second-order valence-electron chi connectivity index (χ2n) is 5.32. The van der Waals surface area contributed by atoms with Gasteiger partial charge in [0.15, 0.2) is 6.10 Å². The minimum atomic E-state index is -0.488. The zero-order valence-corrected chi connectivity index (χ0v) is 13.4. The summed E-state index contributed by atoms with van der Waals surface area (Å²) in [5, 5.41) is 3.39. The molecule has 1 atom stereocenters. The molecule has 1 aliphatic heterocycles. The van der Waals surface area contributed by atoms with Crippen molar-refractivity contribution in [1.82, 2.24) is 5.32 Å². The topological polar surface area (TPSA) is 47.6 Å². The third-order valence-electron chi connectivity index (χ3n) is 3.06. The molecule has 1 aliphatic rings. The first-order valence-corrected chi connectivity index (χ1v) is 7.68. The van der Waals surface area contributed by atoms with E-state index in [2.05, 4.69) is 35.1 Å². The Bertz CT molecular complexity index is 476. The van der Waals surface area contributed by atoms with Crippen LogP contribution < -0.4 is 10.1 Å². The first kappa shape index (κ1) is 15.3. The van der Waals surface area contributed by atoms with E-state index in [0.717, 1.165) is 22.3 Å². The monoisotopic (exact) mass is 341 g/mol. The van der Waals surface area contributed by atoms with Crippen LogP contribution in [0.25, 0.3) is 0 Å². The fourth-order valence-electron chi connectivity index (χ4n) is 2.05. The van der Waals surface area contributed by atoms with Gasteiger partial charge < -0.3 is 14.8 Å². The molecular weight excluding hydrogens is 322 g/mol. The maximum Gasteiger partial charge on any atom is 0.347 e. The van der Waals surface area contributed by atoms with Crippen molar-refractivity contribution in [2.75, 3.05) is 13.2 Å². The SMILES string of the molecule is CC(C)CNCc1cccc(Br)c1OC1CCOC1=O. The van der Waals surface area contributed by atoms with E-state index in [1.54, 1.807) is 0 Å². The molecule has 5 heteroatoms. The van der Waals surface area contributed by atoms with Crippen LogP contribution in [0.1, 0.15) is 25.8 Å². The second-order valence-corrected chi connectivity index (χ2v) is 6.17. The van der Waals surface area contributed by atoms with Crippen LogP contribution in [0.2, 0.25) is 0 Å². The van der Waals surface area contributed by atoms with Gasteiger partial charge in [0, 0.05) is 18.5 Å². The van der Waals surface area contributed by atoms with E-state index >= 15 is 0 Å². The molecule has 0 radical (unpaired) electrons. The number of rotatable bonds is 6. The number of para-hydroxylation sites is 1. The molecular formula is C15H20BrNO3. The molecule has 110 valence electrons. The van der Waals surface area contributed by atoms with Gasteiger partial charge in [-0.1, -0.05) is 26.0 Å². The smallest absolute Gasteiger partial charge is 0.347 e. The maximum absolute atomic E-state index is 11.5. The van der Waals surface area contributed by atoms with Crippen molar-refractivity contribution in [1.29, 1.82) is 0 Å². The van der Waals surface area contributed by atoms with Crippen LogP contribution in [0, 0.1) is 5.92 Å². The summed E-state index contributed by atoms with van der Waals surface area (Å²) in [6.45, 7) is 6.43. The number of benzene rings is 1. The zero-order valence-electron chi connectivity index (χ0n) is 11.8. The molecule has 1 aromatic carbocycles. The van der Waals surface area contributed by atoms with Crippen LogP contribution in [0.5, 0.6) is 5.75 Å². The summed E-state index contributed by atoms with van der Waals surface area (Å²) in [4.78, 5) is 11.5. The summed E-state index contributed by atoms with van der Waals surface area (Å²) in [5.74, 6) is 1.05. The van der Waals surface area contributed by atoms with Crippen molar-refractivity contribution < 1.29 is 14.3 Å². The number of cyclic esters (lactones) is 1. The summed E-state index contributed by atoms with van der Waals surface area (Å²) >= 11 is 3.49. The van der Waals surface area contributed by atoms with Gasteiger partial charge in [-0.3, -0.25) is 0 Å². The van der Waals surface area contributed by atoms with Gasteiger partial charge in [-0.25, -0.2) is 4.79 Å². The molecule has 2 rings (SSSR count). The van der Waals surface area contributed by atoms with Gasteiger partial charge in [-0.05, 0) is 34.5 Å². The Kier molecular flexibility index (Phi) is 5.43. The number of ether oxygens (including phenoxy) is 2. The molecule has 0 amide bonds. The van der Waals surface area contributed by atoms with Crippen molar-refractivity contribution in [2.24, 2.45) is 5.92 Å². The quantitative estimate of drug-likeness (QED) is 0.808. The predicted molar refractivity (Wildman–Crippen MR) is 80.7 cm³/mol. The lowest BCUT2D eigenvalue weighted by atomic mass is 10.1. The van der Waals surface area contributed by atoms with Crippen molar-refractivity contribution in [2.45, 2.75) is 32.9 Å². The molecule has 1 fully saturated rings. The molecule has 20 heavy (non-hydrogen) atoms. The van der Waals surface area contributed by atoms with Gasteiger partial charge in [0.1, 0.15) is 5.75 Å². The number of esters is 1. The highest BCUT2D eigenvalue weighted by molar-refractivity contribution is 9.10. The Balaban J connectivity index is 2.07. The highest BCUT2D eigenvalue weighted by Crippen LogP contribution is 2.31. The van der Waals surface area contributed by atoms with Gasteiger partial charge in [0.05, 0.1) is 11.1 Å². The number of hydrogen-bond acceptors (Lipinski definition) is 4. The Morgan fingerprint density at radius 1 is 1.50 bits per heavy atom. The minimum Gasteiger partial charge on any atom is -0.477 e. The molecule has 0 aromatic heterocycles. The fourth-order valence-corrected chi connectivity index (χ4v) is 2.55. The van der Waals surface area contributed by atoms with Crippen LogP contribution in [0.4, 0.5) is 0 Å². The lowest BCUT2D eigenvalue weighted by Gasteiger charge is -2.16. The van der Waals surface area contributed by atoms with E-state index in [4.69, 9.17) is 9.47 Å². The molecule has 0 bridgehead atoms. The third kappa shape index (κ3) is 3.96. The molecule has 1 N–H and O–H groups in total. The third-order valence-corrected chi connectivity index (χ3v) is 3.69. The van der Waals surface area contributed by atoms with Crippen LogP contribution in [0.15, 0.2) is 22.7 Å². The van der Waals surface area contributed by atoms with Crippen LogP contribution in [-0.4, -0.2) is 25.2 Å².